The number of rotatable bonds is 2. The maximum atomic E-state index is 11.2. The zero-order valence-corrected chi connectivity index (χ0v) is 16.5. The topological polar surface area (TPSA) is 35.5 Å². The molecule has 2 saturated carbocycles. The van der Waals surface area contributed by atoms with Gasteiger partial charge in [0, 0.05) is 6.92 Å². The summed E-state index contributed by atoms with van der Waals surface area (Å²) < 4.78 is 12.0. The van der Waals surface area contributed by atoms with E-state index in [2.05, 4.69) is 34.6 Å². The Morgan fingerprint density at radius 3 is 2.33 bits per heavy atom. The third-order valence-corrected chi connectivity index (χ3v) is 7.76. The van der Waals surface area contributed by atoms with Crippen LogP contribution in [-0.4, -0.2) is 23.8 Å². The zero-order valence-electron chi connectivity index (χ0n) is 16.5. The first-order valence-electron chi connectivity index (χ1n) is 9.84. The normalized spacial score (nSPS) is 47.4. The van der Waals surface area contributed by atoms with Crippen molar-refractivity contribution in [3.8, 4) is 0 Å². The molecule has 3 fully saturated rings. The minimum absolute atomic E-state index is 0.0776. The Balaban J connectivity index is 1.83. The van der Waals surface area contributed by atoms with Gasteiger partial charge in [0.05, 0.1) is 5.60 Å². The quantitative estimate of drug-likeness (QED) is 0.657. The van der Waals surface area contributed by atoms with Crippen molar-refractivity contribution in [3.63, 3.8) is 0 Å². The molecule has 1 unspecified atom stereocenters. The van der Waals surface area contributed by atoms with Crippen molar-refractivity contribution in [1.82, 2.24) is 0 Å². The van der Waals surface area contributed by atoms with Gasteiger partial charge in [-0.3, -0.25) is 4.79 Å². The summed E-state index contributed by atoms with van der Waals surface area (Å²) in [5, 5.41) is 0. The summed E-state index contributed by atoms with van der Waals surface area (Å²) in [6, 6.07) is 0. The van der Waals surface area contributed by atoms with E-state index in [1.807, 2.05) is 0 Å². The van der Waals surface area contributed by atoms with Crippen LogP contribution in [0.1, 0.15) is 86.5 Å². The third kappa shape index (κ3) is 2.91. The van der Waals surface area contributed by atoms with Crippen LogP contribution in [0.3, 0.4) is 0 Å². The number of ether oxygens (including phenoxy) is 2. The summed E-state index contributed by atoms with van der Waals surface area (Å²) in [7, 11) is 0. The van der Waals surface area contributed by atoms with Gasteiger partial charge in [-0.15, -0.1) is 0 Å². The van der Waals surface area contributed by atoms with Gasteiger partial charge in [-0.25, -0.2) is 0 Å². The summed E-state index contributed by atoms with van der Waals surface area (Å²) in [5.74, 6) is 1.21. The van der Waals surface area contributed by atoms with Crippen molar-refractivity contribution < 1.29 is 14.3 Å². The average molecular weight is 337 g/mol. The molecule has 0 amide bonds. The summed E-state index contributed by atoms with van der Waals surface area (Å²) in [6.45, 7) is 13.8. The maximum absolute atomic E-state index is 11.2. The molecule has 0 spiro atoms. The molecule has 0 bridgehead atoms. The molecule has 1 heterocycles. The molecular formula is C21H36O3. The Bertz CT molecular complexity index is 513. The molecule has 3 heteroatoms. The van der Waals surface area contributed by atoms with E-state index in [1.54, 1.807) is 0 Å². The van der Waals surface area contributed by atoms with Gasteiger partial charge in [-0.2, -0.15) is 0 Å². The van der Waals surface area contributed by atoms with Crippen LogP contribution in [0.4, 0.5) is 0 Å². The molecule has 0 aromatic heterocycles. The van der Waals surface area contributed by atoms with Crippen molar-refractivity contribution in [2.75, 3.05) is 6.61 Å². The first-order valence-corrected chi connectivity index (χ1v) is 9.84. The minimum atomic E-state index is -0.329. The molecule has 3 nitrogen and oxygen atoms in total. The van der Waals surface area contributed by atoms with Crippen LogP contribution in [0.5, 0.6) is 0 Å². The van der Waals surface area contributed by atoms with Crippen LogP contribution in [-0.2, 0) is 14.3 Å². The van der Waals surface area contributed by atoms with Crippen LogP contribution in [0.15, 0.2) is 0 Å². The molecule has 0 aromatic carbocycles. The zero-order chi connectivity index (χ0) is 17.8. The predicted molar refractivity (Wildman–Crippen MR) is 95.7 cm³/mol. The van der Waals surface area contributed by atoms with Gasteiger partial charge in [0.15, 0.2) is 0 Å². The maximum Gasteiger partial charge on any atom is 0.302 e. The first kappa shape index (κ1) is 18.2. The van der Waals surface area contributed by atoms with Gasteiger partial charge in [0.2, 0.25) is 0 Å². The van der Waals surface area contributed by atoms with Crippen molar-refractivity contribution in [2.24, 2.45) is 22.7 Å². The van der Waals surface area contributed by atoms with Gasteiger partial charge < -0.3 is 9.47 Å². The molecule has 0 radical (unpaired) electrons. The third-order valence-electron chi connectivity index (χ3n) is 7.76. The molecule has 0 N–H and O–H groups in total. The number of esters is 1. The number of hydrogen-bond donors (Lipinski definition) is 0. The Morgan fingerprint density at radius 2 is 1.67 bits per heavy atom. The molecule has 24 heavy (non-hydrogen) atoms. The molecular weight excluding hydrogens is 300 g/mol. The van der Waals surface area contributed by atoms with Crippen LogP contribution in [0.25, 0.3) is 0 Å². The fourth-order valence-corrected chi connectivity index (χ4v) is 6.78. The minimum Gasteiger partial charge on any atom is -0.463 e. The average Bonchev–Trinajstić information content (AvgIpc) is 2.43. The molecule has 3 aliphatic rings. The second kappa shape index (κ2) is 5.72. The number of carbonyl (C=O) groups excluding carboxylic acids is 1. The molecule has 138 valence electrons. The highest BCUT2D eigenvalue weighted by Crippen LogP contribution is 2.65. The fourth-order valence-electron chi connectivity index (χ4n) is 6.78. The monoisotopic (exact) mass is 336 g/mol. The molecule has 5 atom stereocenters. The second-order valence-electron chi connectivity index (χ2n) is 10.2. The lowest BCUT2D eigenvalue weighted by atomic mass is 9.44. The van der Waals surface area contributed by atoms with Gasteiger partial charge >= 0.3 is 5.97 Å². The molecule has 1 aliphatic heterocycles. The molecule has 3 rings (SSSR count). The lowest BCUT2D eigenvalue weighted by Gasteiger charge is -2.65. The summed E-state index contributed by atoms with van der Waals surface area (Å²) >= 11 is 0. The van der Waals surface area contributed by atoms with E-state index in [9.17, 15) is 4.79 Å². The lowest BCUT2D eigenvalue weighted by Crippen LogP contribution is -2.63. The SMILES string of the molecule is CC(=O)OC[C@@]1(C)CC[C@H]2[C@@](C)(CCC3C(C)(C)CCC[C@@]32C)O1. The second-order valence-corrected chi connectivity index (χ2v) is 10.2. The summed E-state index contributed by atoms with van der Waals surface area (Å²) in [4.78, 5) is 11.2. The van der Waals surface area contributed by atoms with Crippen LogP contribution in [0.2, 0.25) is 0 Å². The van der Waals surface area contributed by atoms with Crippen molar-refractivity contribution in [2.45, 2.75) is 97.7 Å². The highest BCUT2D eigenvalue weighted by molar-refractivity contribution is 5.65. The Hall–Kier alpha value is -0.570. The van der Waals surface area contributed by atoms with Gasteiger partial charge in [-0.05, 0) is 75.0 Å². The van der Waals surface area contributed by atoms with Crippen molar-refractivity contribution in [1.29, 1.82) is 0 Å². The van der Waals surface area contributed by atoms with E-state index in [0.29, 0.717) is 23.4 Å². The summed E-state index contributed by atoms with van der Waals surface area (Å²) in [6.07, 6.45) is 8.63. The number of fused-ring (bicyclic) bond motifs is 3. The van der Waals surface area contributed by atoms with E-state index in [-0.39, 0.29) is 17.2 Å². The van der Waals surface area contributed by atoms with Crippen molar-refractivity contribution >= 4 is 5.97 Å². The number of hydrogen-bond acceptors (Lipinski definition) is 3. The fraction of sp³-hybridized carbons (Fsp3) is 0.952. The standard InChI is InChI=1S/C21H36O3/c1-15(22)23-14-19(4)12-8-17-20(5)11-7-10-18(2,3)16(20)9-13-21(17,6)24-19/h16-17H,7-14H2,1-6H3/t16?,17-,19-,20+,21-/m1/s1. The van der Waals surface area contributed by atoms with Crippen LogP contribution in [0, 0.1) is 22.7 Å². The lowest BCUT2D eigenvalue weighted by molar-refractivity contribution is -0.273. The molecule has 1 saturated heterocycles. The number of carbonyl (C=O) groups is 1. The van der Waals surface area contributed by atoms with Crippen LogP contribution >= 0.6 is 0 Å². The van der Waals surface area contributed by atoms with E-state index in [4.69, 9.17) is 9.47 Å². The Labute approximate surface area is 147 Å². The van der Waals surface area contributed by atoms with E-state index < -0.39 is 0 Å². The highest BCUT2D eigenvalue weighted by atomic mass is 16.6. The Kier molecular flexibility index (Phi) is 4.35. The van der Waals surface area contributed by atoms with Crippen LogP contribution < -0.4 is 0 Å². The predicted octanol–water partition coefficient (Wildman–Crippen LogP) is 5.12. The van der Waals surface area contributed by atoms with Gasteiger partial charge in [0.1, 0.15) is 12.2 Å². The Morgan fingerprint density at radius 1 is 1.00 bits per heavy atom. The summed E-state index contributed by atoms with van der Waals surface area (Å²) in [5.41, 5.74) is 0.431. The van der Waals surface area contributed by atoms with E-state index in [0.717, 1.165) is 18.8 Å². The van der Waals surface area contributed by atoms with E-state index >= 15 is 0 Å². The molecule has 0 aromatic rings. The molecule has 2 aliphatic carbocycles. The van der Waals surface area contributed by atoms with Gasteiger partial charge in [0.25, 0.3) is 0 Å². The highest BCUT2D eigenvalue weighted by Gasteiger charge is 2.61. The smallest absolute Gasteiger partial charge is 0.302 e. The van der Waals surface area contributed by atoms with Gasteiger partial charge in [-0.1, -0.05) is 27.2 Å². The largest absolute Gasteiger partial charge is 0.463 e. The first-order chi connectivity index (χ1) is 11.0. The van der Waals surface area contributed by atoms with E-state index in [1.165, 1.54) is 39.0 Å². The van der Waals surface area contributed by atoms with Crippen molar-refractivity contribution in [3.05, 3.63) is 0 Å².